The van der Waals surface area contributed by atoms with Crippen LogP contribution in [0.2, 0.25) is 0 Å². The van der Waals surface area contributed by atoms with Crippen LogP contribution in [-0.2, 0) is 11.2 Å². The van der Waals surface area contributed by atoms with Crippen LogP contribution in [0, 0.1) is 0 Å². The van der Waals surface area contributed by atoms with Gasteiger partial charge in [0.25, 0.3) is 0 Å². The zero-order valence-electron chi connectivity index (χ0n) is 10.1. The summed E-state index contributed by atoms with van der Waals surface area (Å²) in [5.41, 5.74) is 2.90. The van der Waals surface area contributed by atoms with Gasteiger partial charge in [0, 0.05) is 0 Å². The maximum absolute atomic E-state index is 10.6. The molecule has 0 fully saturated rings. The second-order valence-electron chi connectivity index (χ2n) is 4.00. The van der Waals surface area contributed by atoms with E-state index in [2.05, 4.69) is 0 Å². The second-order valence-corrected chi connectivity index (χ2v) is 4.00. The number of benzene rings is 2. The lowest BCUT2D eigenvalue weighted by Crippen LogP contribution is -1.99. The molecule has 0 bridgehead atoms. The molecule has 0 atom stereocenters. The normalized spacial score (nSPS) is 10.1. The van der Waals surface area contributed by atoms with Crippen LogP contribution < -0.4 is 4.74 Å². The first-order chi connectivity index (χ1) is 8.69. The Bertz CT molecular complexity index is 544. The summed E-state index contributed by atoms with van der Waals surface area (Å²) in [4.78, 5) is 10.6. The highest BCUT2D eigenvalue weighted by molar-refractivity contribution is 5.71. The number of hydrogen-bond donors (Lipinski definition) is 1. The first kappa shape index (κ1) is 12.2. The highest BCUT2D eigenvalue weighted by Crippen LogP contribution is 2.24. The van der Waals surface area contributed by atoms with Gasteiger partial charge in [0.05, 0.1) is 13.5 Å². The Morgan fingerprint density at radius 3 is 2.44 bits per heavy atom. The summed E-state index contributed by atoms with van der Waals surface area (Å²) in [5, 5.41) is 8.71. The highest BCUT2D eigenvalue weighted by Gasteiger charge is 2.02. The van der Waals surface area contributed by atoms with Gasteiger partial charge in [-0.1, -0.05) is 36.4 Å². The van der Waals surface area contributed by atoms with Gasteiger partial charge in [0.1, 0.15) is 5.75 Å². The van der Waals surface area contributed by atoms with Crippen molar-refractivity contribution in [2.75, 3.05) is 7.11 Å². The van der Waals surface area contributed by atoms with E-state index in [0.29, 0.717) is 0 Å². The third kappa shape index (κ3) is 2.88. The van der Waals surface area contributed by atoms with E-state index in [-0.39, 0.29) is 6.42 Å². The first-order valence-electron chi connectivity index (χ1n) is 5.64. The van der Waals surface area contributed by atoms with E-state index in [4.69, 9.17) is 9.84 Å². The Balaban J connectivity index is 2.25. The van der Waals surface area contributed by atoms with Crippen molar-refractivity contribution in [3.63, 3.8) is 0 Å². The SMILES string of the molecule is COc1cccc(-c2ccc(CC(=O)O)cc2)c1. The third-order valence-corrected chi connectivity index (χ3v) is 2.71. The molecule has 0 radical (unpaired) electrons. The number of carboxylic acids is 1. The van der Waals surface area contributed by atoms with Gasteiger partial charge in [-0.3, -0.25) is 4.79 Å². The van der Waals surface area contributed by atoms with E-state index in [1.165, 1.54) is 0 Å². The van der Waals surface area contributed by atoms with E-state index >= 15 is 0 Å². The maximum atomic E-state index is 10.6. The molecule has 0 amide bonds. The van der Waals surface area contributed by atoms with Gasteiger partial charge in [-0.25, -0.2) is 0 Å². The lowest BCUT2D eigenvalue weighted by molar-refractivity contribution is -0.136. The summed E-state index contributed by atoms with van der Waals surface area (Å²) in [7, 11) is 1.63. The minimum absolute atomic E-state index is 0.0540. The van der Waals surface area contributed by atoms with Gasteiger partial charge in [-0.2, -0.15) is 0 Å². The predicted octanol–water partition coefficient (Wildman–Crippen LogP) is 2.99. The van der Waals surface area contributed by atoms with Crippen molar-refractivity contribution < 1.29 is 14.6 Å². The van der Waals surface area contributed by atoms with E-state index < -0.39 is 5.97 Å². The Kier molecular flexibility index (Phi) is 3.63. The van der Waals surface area contributed by atoms with Crippen LogP contribution in [0.4, 0.5) is 0 Å². The molecular weight excluding hydrogens is 228 g/mol. The topological polar surface area (TPSA) is 46.5 Å². The maximum Gasteiger partial charge on any atom is 0.307 e. The number of rotatable bonds is 4. The summed E-state index contributed by atoms with van der Waals surface area (Å²) >= 11 is 0. The molecule has 18 heavy (non-hydrogen) atoms. The van der Waals surface area contributed by atoms with Gasteiger partial charge in [0.2, 0.25) is 0 Å². The largest absolute Gasteiger partial charge is 0.497 e. The van der Waals surface area contributed by atoms with Crippen LogP contribution in [0.3, 0.4) is 0 Å². The number of carboxylic acid groups (broad SMARTS) is 1. The fourth-order valence-corrected chi connectivity index (χ4v) is 1.79. The van der Waals surface area contributed by atoms with Crippen molar-refractivity contribution in [3.05, 3.63) is 54.1 Å². The molecule has 92 valence electrons. The van der Waals surface area contributed by atoms with Crippen molar-refractivity contribution in [3.8, 4) is 16.9 Å². The second kappa shape index (κ2) is 5.36. The molecule has 0 heterocycles. The van der Waals surface area contributed by atoms with Gasteiger partial charge >= 0.3 is 5.97 Å². The molecule has 1 N–H and O–H groups in total. The molecule has 3 nitrogen and oxygen atoms in total. The van der Waals surface area contributed by atoms with E-state index in [1.54, 1.807) is 7.11 Å². The smallest absolute Gasteiger partial charge is 0.307 e. The molecule has 2 aromatic rings. The van der Waals surface area contributed by atoms with Gasteiger partial charge in [-0.15, -0.1) is 0 Å². The number of aliphatic carboxylic acids is 1. The van der Waals surface area contributed by atoms with E-state index in [0.717, 1.165) is 22.4 Å². The van der Waals surface area contributed by atoms with E-state index in [9.17, 15) is 4.79 Å². The molecular formula is C15H14O3. The average Bonchev–Trinajstić information content (AvgIpc) is 2.39. The van der Waals surface area contributed by atoms with Crippen LogP contribution in [0.25, 0.3) is 11.1 Å². The van der Waals surface area contributed by atoms with Crippen LogP contribution >= 0.6 is 0 Å². The van der Waals surface area contributed by atoms with Gasteiger partial charge in [0.15, 0.2) is 0 Å². The Morgan fingerprint density at radius 1 is 1.11 bits per heavy atom. The zero-order chi connectivity index (χ0) is 13.0. The Morgan fingerprint density at radius 2 is 1.83 bits per heavy atom. The molecule has 0 aliphatic carbocycles. The predicted molar refractivity (Wildman–Crippen MR) is 69.8 cm³/mol. The molecule has 0 aromatic heterocycles. The third-order valence-electron chi connectivity index (χ3n) is 2.71. The van der Waals surface area contributed by atoms with Crippen molar-refractivity contribution in [2.24, 2.45) is 0 Å². The Labute approximate surface area is 106 Å². The molecule has 0 unspecified atom stereocenters. The van der Waals surface area contributed by atoms with Crippen molar-refractivity contribution in [1.82, 2.24) is 0 Å². The average molecular weight is 242 g/mol. The summed E-state index contributed by atoms with van der Waals surface area (Å²) in [6.45, 7) is 0. The van der Waals surface area contributed by atoms with E-state index in [1.807, 2.05) is 48.5 Å². The van der Waals surface area contributed by atoms with Crippen LogP contribution in [0.15, 0.2) is 48.5 Å². The number of hydrogen-bond acceptors (Lipinski definition) is 2. The zero-order valence-corrected chi connectivity index (χ0v) is 10.1. The lowest BCUT2D eigenvalue weighted by Gasteiger charge is -2.05. The van der Waals surface area contributed by atoms with Crippen LogP contribution in [0.5, 0.6) is 5.75 Å². The molecule has 0 aliphatic heterocycles. The summed E-state index contributed by atoms with van der Waals surface area (Å²) < 4.78 is 5.17. The molecule has 0 saturated carbocycles. The quantitative estimate of drug-likeness (QED) is 0.896. The van der Waals surface area contributed by atoms with Gasteiger partial charge < -0.3 is 9.84 Å². The fourth-order valence-electron chi connectivity index (χ4n) is 1.79. The minimum Gasteiger partial charge on any atom is -0.497 e. The highest BCUT2D eigenvalue weighted by atomic mass is 16.5. The van der Waals surface area contributed by atoms with Gasteiger partial charge in [-0.05, 0) is 28.8 Å². The monoisotopic (exact) mass is 242 g/mol. The number of methoxy groups -OCH3 is 1. The first-order valence-corrected chi connectivity index (χ1v) is 5.64. The standard InChI is InChI=1S/C15H14O3/c1-18-14-4-2-3-13(10-14)12-7-5-11(6-8-12)9-15(16)17/h2-8,10H,9H2,1H3,(H,16,17). The van der Waals surface area contributed by atoms with Crippen molar-refractivity contribution >= 4 is 5.97 Å². The van der Waals surface area contributed by atoms with Crippen LogP contribution in [0.1, 0.15) is 5.56 Å². The number of ether oxygens (including phenoxy) is 1. The molecule has 0 saturated heterocycles. The number of carbonyl (C=O) groups is 1. The molecule has 2 aromatic carbocycles. The molecule has 2 rings (SSSR count). The lowest BCUT2D eigenvalue weighted by atomic mass is 10.0. The summed E-state index contributed by atoms with van der Waals surface area (Å²) in [6, 6.07) is 15.3. The van der Waals surface area contributed by atoms with Crippen molar-refractivity contribution in [2.45, 2.75) is 6.42 Å². The molecule has 3 heteroatoms. The summed E-state index contributed by atoms with van der Waals surface area (Å²) in [6.07, 6.45) is 0.0540. The van der Waals surface area contributed by atoms with Crippen molar-refractivity contribution in [1.29, 1.82) is 0 Å². The minimum atomic E-state index is -0.816. The molecule has 0 aliphatic rings. The fraction of sp³-hybridized carbons (Fsp3) is 0.133. The molecule has 0 spiro atoms. The van der Waals surface area contributed by atoms with Crippen LogP contribution in [-0.4, -0.2) is 18.2 Å². The Hall–Kier alpha value is -2.29. The summed E-state index contributed by atoms with van der Waals surface area (Å²) in [5.74, 6) is -0.00811.